The molecule has 0 aromatic carbocycles. The number of carbonyl (C=O) groups is 2. The number of hydrogen-bond acceptors (Lipinski definition) is 3. The normalized spacial score (nSPS) is 14.9. The molecule has 6 heteroatoms. The van der Waals surface area contributed by atoms with Crippen molar-refractivity contribution in [2.45, 2.75) is 64.2 Å². The highest BCUT2D eigenvalue weighted by atomic mass is 35.5. The number of nitrogens with zero attached hydrogens (tertiary/aromatic N) is 1. The lowest BCUT2D eigenvalue weighted by Gasteiger charge is -2.20. The summed E-state index contributed by atoms with van der Waals surface area (Å²) in [6.45, 7) is 2.96. The summed E-state index contributed by atoms with van der Waals surface area (Å²) in [5, 5.41) is 2.85. The molecule has 0 radical (unpaired) electrons. The molecule has 1 fully saturated rings. The van der Waals surface area contributed by atoms with Crippen LogP contribution in [-0.4, -0.2) is 42.9 Å². The van der Waals surface area contributed by atoms with Gasteiger partial charge in [-0.15, -0.1) is 12.4 Å². The highest BCUT2D eigenvalue weighted by Gasteiger charge is 2.15. The van der Waals surface area contributed by atoms with Gasteiger partial charge in [0, 0.05) is 32.5 Å². The molecule has 130 valence electrons. The average molecular weight is 334 g/mol. The second kappa shape index (κ2) is 13.8. The van der Waals surface area contributed by atoms with Gasteiger partial charge in [-0.2, -0.15) is 0 Å². The van der Waals surface area contributed by atoms with E-state index in [1.54, 1.807) is 0 Å². The van der Waals surface area contributed by atoms with E-state index in [0.717, 1.165) is 58.2 Å². The monoisotopic (exact) mass is 333 g/mol. The van der Waals surface area contributed by atoms with Gasteiger partial charge in [0.25, 0.3) is 0 Å². The van der Waals surface area contributed by atoms with Gasteiger partial charge >= 0.3 is 0 Å². The minimum atomic E-state index is 0. The standard InChI is InChI=1S/C16H31N3O2.ClH/c17-11-6-2-1-5-9-15(20)18-12-10-16(21)19-13-7-3-4-8-14-19;/h1-14,17H2,(H,18,20);1H. The van der Waals surface area contributed by atoms with Crippen LogP contribution in [0.3, 0.4) is 0 Å². The SMILES string of the molecule is Cl.NCCCCCCC(=O)NCCC(=O)N1CCCCCC1. The second-order valence-corrected chi connectivity index (χ2v) is 5.85. The van der Waals surface area contributed by atoms with Gasteiger partial charge < -0.3 is 16.0 Å². The van der Waals surface area contributed by atoms with Crippen LogP contribution in [0, 0.1) is 0 Å². The fraction of sp³-hybridized carbons (Fsp3) is 0.875. The molecule has 0 atom stereocenters. The molecular weight excluding hydrogens is 302 g/mol. The van der Waals surface area contributed by atoms with E-state index < -0.39 is 0 Å². The minimum Gasteiger partial charge on any atom is -0.356 e. The molecule has 1 rings (SSSR count). The van der Waals surface area contributed by atoms with Crippen molar-refractivity contribution < 1.29 is 9.59 Å². The molecule has 0 bridgehead atoms. The largest absolute Gasteiger partial charge is 0.356 e. The van der Waals surface area contributed by atoms with Crippen LogP contribution in [-0.2, 0) is 9.59 Å². The molecule has 0 aromatic heterocycles. The highest BCUT2D eigenvalue weighted by Crippen LogP contribution is 2.10. The number of nitrogens with one attached hydrogen (secondary N) is 1. The Morgan fingerprint density at radius 1 is 0.909 bits per heavy atom. The van der Waals surface area contributed by atoms with E-state index in [1.165, 1.54) is 12.8 Å². The van der Waals surface area contributed by atoms with Crippen LogP contribution in [0.25, 0.3) is 0 Å². The summed E-state index contributed by atoms with van der Waals surface area (Å²) in [5.74, 6) is 0.242. The summed E-state index contributed by atoms with van der Waals surface area (Å²) in [5.41, 5.74) is 5.42. The van der Waals surface area contributed by atoms with Gasteiger partial charge in [0.15, 0.2) is 0 Å². The minimum absolute atomic E-state index is 0. The quantitative estimate of drug-likeness (QED) is 0.635. The van der Waals surface area contributed by atoms with E-state index in [2.05, 4.69) is 5.32 Å². The van der Waals surface area contributed by atoms with Crippen molar-refractivity contribution in [2.24, 2.45) is 5.73 Å². The molecule has 0 saturated carbocycles. The maximum absolute atomic E-state index is 12.0. The topological polar surface area (TPSA) is 75.4 Å². The second-order valence-electron chi connectivity index (χ2n) is 5.85. The molecule has 0 unspecified atom stereocenters. The van der Waals surface area contributed by atoms with Crippen molar-refractivity contribution in [1.29, 1.82) is 0 Å². The number of unbranched alkanes of at least 4 members (excludes halogenated alkanes) is 3. The first-order valence-electron chi connectivity index (χ1n) is 8.48. The molecule has 0 spiro atoms. The van der Waals surface area contributed by atoms with Crippen LogP contribution in [0.1, 0.15) is 64.2 Å². The lowest BCUT2D eigenvalue weighted by molar-refractivity contribution is -0.131. The Labute approximate surface area is 140 Å². The van der Waals surface area contributed by atoms with E-state index in [1.807, 2.05) is 4.90 Å². The van der Waals surface area contributed by atoms with Crippen molar-refractivity contribution in [3.05, 3.63) is 0 Å². The zero-order valence-corrected chi connectivity index (χ0v) is 14.5. The Balaban J connectivity index is 0.00000441. The van der Waals surface area contributed by atoms with Crippen molar-refractivity contribution in [3.63, 3.8) is 0 Å². The van der Waals surface area contributed by atoms with Crippen LogP contribution in [0.15, 0.2) is 0 Å². The van der Waals surface area contributed by atoms with E-state index in [9.17, 15) is 9.59 Å². The van der Waals surface area contributed by atoms with Crippen LogP contribution in [0.5, 0.6) is 0 Å². The molecule has 5 nitrogen and oxygen atoms in total. The lowest BCUT2D eigenvalue weighted by atomic mass is 10.1. The van der Waals surface area contributed by atoms with Crippen LogP contribution in [0.4, 0.5) is 0 Å². The molecule has 2 amide bonds. The molecule has 3 N–H and O–H groups in total. The smallest absolute Gasteiger partial charge is 0.224 e. The number of likely N-dealkylation sites (tertiary alicyclic amines) is 1. The maximum atomic E-state index is 12.0. The fourth-order valence-electron chi connectivity index (χ4n) is 2.66. The van der Waals surface area contributed by atoms with E-state index in [4.69, 9.17) is 5.73 Å². The third-order valence-electron chi connectivity index (χ3n) is 3.98. The number of halogens is 1. The predicted octanol–water partition coefficient (Wildman–Crippen LogP) is 2.23. The Morgan fingerprint density at radius 3 is 2.18 bits per heavy atom. The van der Waals surface area contributed by atoms with Crippen molar-refractivity contribution in [3.8, 4) is 0 Å². The van der Waals surface area contributed by atoms with E-state index >= 15 is 0 Å². The summed E-state index contributed by atoms with van der Waals surface area (Å²) in [4.78, 5) is 25.6. The molecular formula is C16H32ClN3O2. The van der Waals surface area contributed by atoms with Crippen LogP contribution < -0.4 is 11.1 Å². The number of amides is 2. The molecule has 1 saturated heterocycles. The first-order valence-corrected chi connectivity index (χ1v) is 8.48. The summed E-state index contributed by atoms with van der Waals surface area (Å²) in [6, 6.07) is 0. The number of rotatable bonds is 9. The van der Waals surface area contributed by atoms with Gasteiger partial charge in [-0.05, 0) is 32.2 Å². The highest BCUT2D eigenvalue weighted by molar-refractivity contribution is 5.85. The van der Waals surface area contributed by atoms with Crippen molar-refractivity contribution in [1.82, 2.24) is 10.2 Å². The summed E-state index contributed by atoms with van der Waals surface area (Å²) >= 11 is 0. The van der Waals surface area contributed by atoms with Gasteiger partial charge in [0.05, 0.1) is 0 Å². The molecule has 0 aliphatic carbocycles. The Morgan fingerprint density at radius 2 is 1.55 bits per heavy atom. The third-order valence-corrected chi connectivity index (χ3v) is 3.98. The summed E-state index contributed by atoms with van der Waals surface area (Å²) < 4.78 is 0. The van der Waals surface area contributed by atoms with Gasteiger partial charge in [0.1, 0.15) is 0 Å². The molecule has 1 aliphatic rings. The van der Waals surface area contributed by atoms with Gasteiger partial charge in [0.2, 0.25) is 11.8 Å². The zero-order chi connectivity index (χ0) is 15.3. The maximum Gasteiger partial charge on any atom is 0.224 e. The Hall–Kier alpha value is -0.810. The fourth-order valence-corrected chi connectivity index (χ4v) is 2.66. The summed E-state index contributed by atoms with van der Waals surface area (Å²) in [6.07, 6.45) is 9.75. The van der Waals surface area contributed by atoms with Crippen molar-refractivity contribution in [2.75, 3.05) is 26.2 Å². The zero-order valence-electron chi connectivity index (χ0n) is 13.6. The Bertz CT molecular complexity index is 306. The van der Waals surface area contributed by atoms with E-state index in [0.29, 0.717) is 19.4 Å². The van der Waals surface area contributed by atoms with Gasteiger partial charge in [-0.1, -0.05) is 25.7 Å². The predicted molar refractivity (Wildman–Crippen MR) is 92.1 cm³/mol. The van der Waals surface area contributed by atoms with Gasteiger partial charge in [-0.3, -0.25) is 9.59 Å². The van der Waals surface area contributed by atoms with Gasteiger partial charge in [-0.25, -0.2) is 0 Å². The first-order chi connectivity index (χ1) is 10.2. The van der Waals surface area contributed by atoms with Crippen LogP contribution >= 0.6 is 12.4 Å². The summed E-state index contributed by atoms with van der Waals surface area (Å²) in [7, 11) is 0. The average Bonchev–Trinajstić information content (AvgIpc) is 2.76. The van der Waals surface area contributed by atoms with E-state index in [-0.39, 0.29) is 24.2 Å². The number of hydrogen-bond donors (Lipinski definition) is 2. The Kier molecular flexibility index (Phi) is 13.3. The molecule has 22 heavy (non-hydrogen) atoms. The van der Waals surface area contributed by atoms with Crippen molar-refractivity contribution >= 4 is 24.2 Å². The molecule has 1 heterocycles. The molecule has 0 aromatic rings. The third kappa shape index (κ3) is 10.0. The number of nitrogens with two attached hydrogens (primary N) is 1. The number of carbonyl (C=O) groups excluding carboxylic acids is 2. The first kappa shape index (κ1) is 21.2. The van der Waals surface area contributed by atoms with Crippen LogP contribution in [0.2, 0.25) is 0 Å². The molecule has 1 aliphatic heterocycles. The lowest BCUT2D eigenvalue weighted by Crippen LogP contribution is -2.35.